The van der Waals surface area contributed by atoms with Crippen LogP contribution in [-0.4, -0.2) is 29.2 Å². The third-order valence-corrected chi connectivity index (χ3v) is 1.32. The molecular weight excluding hydrogens is 131 g/mol. The second-order valence-corrected chi connectivity index (χ2v) is 1.88. The number of aliphatic hydroxyl groups is 1. The molecule has 0 saturated carbocycles. The van der Waals surface area contributed by atoms with Crippen LogP contribution in [0.5, 0.6) is 0 Å². The van der Waals surface area contributed by atoms with Crippen LogP contribution >= 0.6 is 11.6 Å². The van der Waals surface area contributed by atoms with E-state index in [9.17, 15) is 4.79 Å². The maximum absolute atomic E-state index is 10.1. The number of halogens is 1. The monoisotopic (exact) mass is 136 g/mol. The second kappa shape index (κ2) is 1.91. The Morgan fingerprint density at radius 2 is 2.50 bits per heavy atom. The molecule has 1 rings (SSSR count). The Labute approximate surface area is 51.2 Å². The minimum atomic E-state index is -0.979. The molecule has 1 N–H and O–H groups in total. The SMILES string of the molecule is O=C1OC(CCl)C1O. The Balaban J connectivity index is 2.35. The van der Waals surface area contributed by atoms with Crippen molar-refractivity contribution in [1.29, 1.82) is 0 Å². The number of hydrogen-bond acceptors (Lipinski definition) is 3. The lowest BCUT2D eigenvalue weighted by atomic mass is 10.1. The summed E-state index contributed by atoms with van der Waals surface area (Å²) in [7, 11) is 0. The molecule has 0 amide bonds. The van der Waals surface area contributed by atoms with Crippen LogP contribution in [0.3, 0.4) is 0 Å². The number of cyclic esters (lactones) is 1. The van der Waals surface area contributed by atoms with Crippen LogP contribution in [-0.2, 0) is 9.53 Å². The molecule has 0 radical (unpaired) electrons. The van der Waals surface area contributed by atoms with E-state index in [-0.39, 0.29) is 5.88 Å². The minimum absolute atomic E-state index is 0.174. The molecule has 3 nitrogen and oxygen atoms in total. The minimum Gasteiger partial charge on any atom is -0.456 e. The first kappa shape index (κ1) is 5.85. The van der Waals surface area contributed by atoms with E-state index in [0.717, 1.165) is 0 Å². The number of carbonyl (C=O) groups excluding carboxylic acids is 1. The topological polar surface area (TPSA) is 46.5 Å². The molecule has 0 aromatic carbocycles. The van der Waals surface area contributed by atoms with Gasteiger partial charge in [-0.1, -0.05) is 0 Å². The largest absolute Gasteiger partial charge is 0.456 e. The van der Waals surface area contributed by atoms with Gasteiger partial charge in [-0.15, -0.1) is 11.6 Å². The van der Waals surface area contributed by atoms with E-state index in [1.807, 2.05) is 0 Å². The van der Waals surface area contributed by atoms with Crippen LogP contribution in [0.1, 0.15) is 0 Å². The smallest absolute Gasteiger partial charge is 0.339 e. The van der Waals surface area contributed by atoms with Crippen molar-refractivity contribution in [3.63, 3.8) is 0 Å². The number of aliphatic hydroxyl groups excluding tert-OH is 1. The summed E-state index contributed by atoms with van der Waals surface area (Å²) in [5, 5.41) is 8.62. The van der Waals surface area contributed by atoms with E-state index in [1.165, 1.54) is 0 Å². The first-order valence-corrected chi connectivity index (χ1v) is 2.73. The van der Waals surface area contributed by atoms with Crippen molar-refractivity contribution in [2.24, 2.45) is 0 Å². The Hall–Kier alpha value is -0.280. The third-order valence-electron chi connectivity index (χ3n) is 1.01. The number of hydrogen-bond donors (Lipinski definition) is 1. The lowest BCUT2D eigenvalue weighted by Crippen LogP contribution is -2.51. The summed E-state index contributed by atoms with van der Waals surface area (Å²) in [6.07, 6.45) is -1.45. The molecule has 1 fully saturated rings. The van der Waals surface area contributed by atoms with E-state index in [1.54, 1.807) is 0 Å². The van der Waals surface area contributed by atoms with Crippen LogP contribution in [0, 0.1) is 0 Å². The van der Waals surface area contributed by atoms with Gasteiger partial charge in [0.05, 0.1) is 5.88 Å². The van der Waals surface area contributed by atoms with Crippen molar-refractivity contribution >= 4 is 17.6 Å². The summed E-state index contributed by atoms with van der Waals surface area (Å²) < 4.78 is 4.38. The van der Waals surface area contributed by atoms with Gasteiger partial charge in [-0.3, -0.25) is 0 Å². The van der Waals surface area contributed by atoms with Crippen molar-refractivity contribution in [2.75, 3.05) is 5.88 Å². The zero-order chi connectivity index (χ0) is 6.15. The van der Waals surface area contributed by atoms with Crippen molar-refractivity contribution in [1.82, 2.24) is 0 Å². The van der Waals surface area contributed by atoms with Gasteiger partial charge in [0.2, 0.25) is 0 Å². The van der Waals surface area contributed by atoms with Gasteiger partial charge in [0.15, 0.2) is 12.2 Å². The predicted octanol–water partition coefficient (Wildman–Crippen LogP) is -0.489. The highest BCUT2D eigenvalue weighted by atomic mass is 35.5. The number of carbonyl (C=O) groups is 1. The fourth-order valence-electron chi connectivity index (χ4n) is 0.479. The number of rotatable bonds is 1. The molecule has 8 heavy (non-hydrogen) atoms. The molecule has 0 aromatic heterocycles. The molecule has 1 aliphatic heterocycles. The summed E-state index contributed by atoms with van der Waals surface area (Å²) in [5.74, 6) is -0.400. The maximum atomic E-state index is 10.1. The first-order chi connectivity index (χ1) is 3.75. The van der Waals surface area contributed by atoms with Crippen LogP contribution in [0.25, 0.3) is 0 Å². The molecule has 1 aliphatic rings. The molecule has 0 bridgehead atoms. The molecule has 0 spiro atoms. The van der Waals surface area contributed by atoms with Crippen molar-refractivity contribution < 1.29 is 14.6 Å². The number of alkyl halides is 1. The molecule has 0 aliphatic carbocycles. The fourth-order valence-corrected chi connectivity index (χ4v) is 0.710. The highest BCUT2D eigenvalue weighted by molar-refractivity contribution is 6.18. The lowest BCUT2D eigenvalue weighted by Gasteiger charge is -2.28. The van der Waals surface area contributed by atoms with Crippen LogP contribution < -0.4 is 0 Å². The fraction of sp³-hybridized carbons (Fsp3) is 0.750. The van der Waals surface area contributed by atoms with E-state index in [2.05, 4.69) is 4.74 Å². The molecule has 2 unspecified atom stereocenters. The molecule has 2 atom stereocenters. The average molecular weight is 137 g/mol. The van der Waals surface area contributed by atoms with Crippen molar-refractivity contribution in [3.8, 4) is 0 Å². The zero-order valence-corrected chi connectivity index (χ0v) is 4.76. The van der Waals surface area contributed by atoms with Gasteiger partial charge in [0, 0.05) is 0 Å². The Bertz CT molecular complexity index is 114. The van der Waals surface area contributed by atoms with Crippen LogP contribution in [0.15, 0.2) is 0 Å². The normalized spacial score (nSPS) is 36.0. The Morgan fingerprint density at radius 3 is 2.62 bits per heavy atom. The van der Waals surface area contributed by atoms with E-state index < -0.39 is 18.2 Å². The lowest BCUT2D eigenvalue weighted by molar-refractivity contribution is -0.193. The van der Waals surface area contributed by atoms with Gasteiger partial charge in [0.25, 0.3) is 0 Å². The summed E-state index contributed by atoms with van der Waals surface area (Å²) in [6.45, 7) is 0. The molecule has 0 aromatic rings. The Kier molecular flexibility index (Phi) is 1.40. The van der Waals surface area contributed by atoms with Crippen molar-refractivity contribution in [2.45, 2.75) is 12.2 Å². The summed E-state index contributed by atoms with van der Waals surface area (Å²) >= 11 is 5.23. The molecule has 1 saturated heterocycles. The quantitative estimate of drug-likeness (QED) is 0.391. The third kappa shape index (κ3) is 0.677. The molecule has 4 heteroatoms. The van der Waals surface area contributed by atoms with E-state index in [0.29, 0.717) is 0 Å². The van der Waals surface area contributed by atoms with E-state index >= 15 is 0 Å². The molecule has 46 valence electrons. The number of esters is 1. The summed E-state index contributed by atoms with van der Waals surface area (Å²) in [5.41, 5.74) is 0. The van der Waals surface area contributed by atoms with Gasteiger partial charge in [-0.2, -0.15) is 0 Å². The van der Waals surface area contributed by atoms with E-state index in [4.69, 9.17) is 16.7 Å². The Morgan fingerprint density at radius 1 is 1.88 bits per heavy atom. The first-order valence-electron chi connectivity index (χ1n) is 2.20. The standard InChI is InChI=1S/C4H5ClO3/c5-1-2-3(6)4(7)8-2/h2-3,6H,1H2. The van der Waals surface area contributed by atoms with Crippen LogP contribution in [0.2, 0.25) is 0 Å². The predicted molar refractivity (Wildman–Crippen MR) is 26.6 cm³/mol. The molecular formula is C4H5ClO3. The highest BCUT2D eigenvalue weighted by Crippen LogP contribution is 2.14. The van der Waals surface area contributed by atoms with Gasteiger partial charge in [0.1, 0.15) is 0 Å². The highest BCUT2D eigenvalue weighted by Gasteiger charge is 2.39. The van der Waals surface area contributed by atoms with Gasteiger partial charge in [-0.05, 0) is 0 Å². The maximum Gasteiger partial charge on any atom is 0.339 e. The summed E-state index contributed by atoms with van der Waals surface area (Å²) in [6, 6.07) is 0. The second-order valence-electron chi connectivity index (χ2n) is 1.57. The van der Waals surface area contributed by atoms with Crippen molar-refractivity contribution in [3.05, 3.63) is 0 Å². The zero-order valence-electron chi connectivity index (χ0n) is 4.00. The average Bonchev–Trinajstić information content (AvgIpc) is 1.81. The van der Waals surface area contributed by atoms with Crippen LogP contribution in [0.4, 0.5) is 0 Å². The van der Waals surface area contributed by atoms with Gasteiger partial charge < -0.3 is 9.84 Å². The number of ether oxygens (including phenoxy) is 1. The van der Waals surface area contributed by atoms with Gasteiger partial charge >= 0.3 is 5.97 Å². The molecule has 1 heterocycles. The van der Waals surface area contributed by atoms with Gasteiger partial charge in [-0.25, -0.2) is 4.79 Å². The summed E-state index contributed by atoms with van der Waals surface area (Å²) in [4.78, 5) is 10.1.